The molecule has 0 spiro atoms. The molecule has 0 fully saturated rings. The number of nitrogens with zero attached hydrogens (tertiary/aromatic N) is 3. The van der Waals surface area contributed by atoms with Gasteiger partial charge in [0.05, 0.1) is 30.5 Å². The largest absolute Gasteiger partial charge is 0.486 e. The van der Waals surface area contributed by atoms with E-state index >= 15 is 0 Å². The summed E-state index contributed by atoms with van der Waals surface area (Å²) in [5.41, 5.74) is -0.113. The number of aromatic nitrogens is 2. The second kappa shape index (κ2) is 9.92. The molecule has 0 bridgehead atoms. The Labute approximate surface area is 203 Å². The number of halogens is 2. The smallest absolute Gasteiger partial charge is 0.333 e. The van der Waals surface area contributed by atoms with Gasteiger partial charge >= 0.3 is 12.5 Å². The first-order valence-corrected chi connectivity index (χ1v) is 12.5. The molecule has 0 unspecified atom stereocenters. The number of carbonyl (C=O) groups excluding carboxylic acids is 2. The van der Waals surface area contributed by atoms with E-state index in [-0.39, 0.29) is 58.3 Å². The van der Waals surface area contributed by atoms with Crippen LogP contribution in [0.15, 0.2) is 29.3 Å². The molecule has 9 nitrogen and oxygen atoms in total. The summed E-state index contributed by atoms with van der Waals surface area (Å²) >= 11 is 0. The molecule has 0 saturated carbocycles. The lowest BCUT2D eigenvalue weighted by Gasteiger charge is -2.35. The first-order valence-electron chi connectivity index (χ1n) is 11.0. The number of anilines is 1. The number of sulfonamides is 1. The van der Waals surface area contributed by atoms with Gasteiger partial charge in [-0.25, -0.2) is 13.1 Å². The highest BCUT2D eigenvalue weighted by molar-refractivity contribution is 7.92. The fourth-order valence-corrected chi connectivity index (χ4v) is 5.35. The molecule has 1 aromatic carbocycles. The zero-order valence-corrected chi connectivity index (χ0v) is 21.1. The van der Waals surface area contributed by atoms with Gasteiger partial charge in [0.15, 0.2) is 0 Å². The third-order valence-corrected chi connectivity index (χ3v) is 7.06. The van der Waals surface area contributed by atoms with Gasteiger partial charge in [0.25, 0.3) is 10.0 Å². The molecule has 2 aromatic rings. The fourth-order valence-electron chi connectivity index (χ4n) is 3.69. The summed E-state index contributed by atoms with van der Waals surface area (Å²) < 4.78 is 66.2. The Morgan fingerprint density at radius 3 is 2.54 bits per heavy atom. The molecule has 1 atom stereocenters. The average molecular weight is 514 g/mol. The van der Waals surface area contributed by atoms with Crippen molar-refractivity contribution < 1.29 is 36.3 Å². The predicted octanol–water partition coefficient (Wildman–Crippen LogP) is 3.80. The van der Waals surface area contributed by atoms with Gasteiger partial charge in [-0.3, -0.25) is 9.10 Å². The van der Waals surface area contributed by atoms with E-state index in [0.717, 1.165) is 10.5 Å². The van der Waals surface area contributed by atoms with Crippen molar-refractivity contribution in [2.45, 2.75) is 77.0 Å². The predicted molar refractivity (Wildman–Crippen MR) is 123 cm³/mol. The zero-order chi connectivity index (χ0) is 26.1. The maximum atomic E-state index is 13.6. The highest BCUT2D eigenvalue weighted by Crippen LogP contribution is 2.39. The number of carbonyl (C=O) groups is 2. The Hall–Kier alpha value is -3.02. The van der Waals surface area contributed by atoms with Crippen LogP contribution in [-0.2, 0) is 30.8 Å². The molecule has 2 heterocycles. The quantitative estimate of drug-likeness (QED) is 0.494. The number of alkyl halides is 2. The average Bonchev–Trinajstić information content (AvgIpc) is 3.13. The molecule has 35 heavy (non-hydrogen) atoms. The Bertz CT molecular complexity index is 1220. The molecule has 1 aliphatic rings. The summed E-state index contributed by atoms with van der Waals surface area (Å²) in [6.07, 6.45) is 0.514. The number of rotatable bonds is 8. The van der Waals surface area contributed by atoms with Gasteiger partial charge in [-0.2, -0.15) is 13.9 Å². The molecule has 192 valence electrons. The molecule has 0 N–H and O–H groups in total. The molecule has 3 rings (SSSR count). The van der Waals surface area contributed by atoms with Crippen LogP contribution in [0.3, 0.4) is 0 Å². The van der Waals surface area contributed by atoms with E-state index in [1.54, 1.807) is 32.9 Å². The van der Waals surface area contributed by atoms with E-state index in [2.05, 4.69) is 5.10 Å². The van der Waals surface area contributed by atoms with Crippen LogP contribution in [0.5, 0.6) is 5.75 Å². The van der Waals surface area contributed by atoms with Crippen molar-refractivity contribution in [3.8, 4) is 5.75 Å². The standard InChI is InChI=1S/C23H29F2N3O6S/c1-14(29)6-8-17-12-28(35(31,32)20-13-27(22(24)25)26-15(20)2)18-10-16(7-9-19(18)33-17)11-21(30)34-23(3,4)5/h7,9-10,13,17,22H,6,8,11-12H2,1-5H3/t17-/m0/s1. The number of fused-ring (bicyclic) bond motifs is 1. The third kappa shape index (κ3) is 6.36. The van der Waals surface area contributed by atoms with E-state index in [9.17, 15) is 26.8 Å². The molecule has 1 aromatic heterocycles. The van der Waals surface area contributed by atoms with Crippen LogP contribution in [-0.4, -0.2) is 48.2 Å². The Balaban J connectivity index is 2.02. The van der Waals surface area contributed by atoms with Gasteiger partial charge in [-0.1, -0.05) is 6.07 Å². The van der Waals surface area contributed by atoms with Crippen molar-refractivity contribution >= 4 is 27.5 Å². The second-order valence-corrected chi connectivity index (χ2v) is 11.2. The SMILES string of the molecule is CC(=O)CC[C@H]1CN(S(=O)(=O)c2cn(C(F)F)nc2C)c2cc(CC(=O)OC(C)(C)C)ccc2O1. The topological polar surface area (TPSA) is 108 Å². The van der Waals surface area contributed by atoms with Crippen LogP contribution in [0.1, 0.15) is 58.3 Å². The van der Waals surface area contributed by atoms with Crippen molar-refractivity contribution in [2.75, 3.05) is 10.8 Å². The van der Waals surface area contributed by atoms with Crippen molar-refractivity contribution in [1.29, 1.82) is 0 Å². The first-order chi connectivity index (χ1) is 16.2. The van der Waals surface area contributed by atoms with Crippen molar-refractivity contribution in [2.24, 2.45) is 0 Å². The number of ether oxygens (including phenoxy) is 2. The minimum absolute atomic E-state index is 0.0735. The van der Waals surface area contributed by atoms with Gasteiger partial charge in [-0.05, 0) is 58.7 Å². The molecule has 0 saturated heterocycles. The molecule has 1 aliphatic heterocycles. The van der Waals surface area contributed by atoms with E-state index in [4.69, 9.17) is 9.47 Å². The van der Waals surface area contributed by atoms with Crippen LogP contribution in [0.4, 0.5) is 14.5 Å². The van der Waals surface area contributed by atoms with Gasteiger partial charge in [0, 0.05) is 6.42 Å². The summed E-state index contributed by atoms with van der Waals surface area (Å²) in [5.74, 6) is -0.326. The summed E-state index contributed by atoms with van der Waals surface area (Å²) in [7, 11) is -4.33. The van der Waals surface area contributed by atoms with Crippen LogP contribution in [0.2, 0.25) is 0 Å². The number of benzene rings is 1. The minimum atomic E-state index is -4.33. The number of aryl methyl sites for hydroxylation is 1. The maximum Gasteiger partial charge on any atom is 0.333 e. The second-order valence-electron chi connectivity index (χ2n) is 9.42. The molecule has 0 radical (unpaired) electrons. The fraction of sp³-hybridized carbons (Fsp3) is 0.522. The number of hydrogen-bond acceptors (Lipinski definition) is 7. The lowest BCUT2D eigenvalue weighted by molar-refractivity contribution is -0.153. The van der Waals surface area contributed by atoms with E-state index < -0.39 is 34.2 Å². The van der Waals surface area contributed by atoms with E-state index in [1.165, 1.54) is 19.9 Å². The Kier molecular flexibility index (Phi) is 7.53. The third-order valence-electron chi connectivity index (χ3n) is 5.18. The lowest BCUT2D eigenvalue weighted by Crippen LogP contribution is -2.43. The van der Waals surface area contributed by atoms with E-state index in [0.29, 0.717) is 5.56 Å². The van der Waals surface area contributed by atoms with Gasteiger partial charge in [-0.15, -0.1) is 0 Å². The van der Waals surface area contributed by atoms with Crippen molar-refractivity contribution in [3.05, 3.63) is 35.7 Å². The Morgan fingerprint density at radius 1 is 1.29 bits per heavy atom. The molecule has 0 aliphatic carbocycles. The molecular weight excluding hydrogens is 484 g/mol. The highest BCUT2D eigenvalue weighted by Gasteiger charge is 2.37. The van der Waals surface area contributed by atoms with Gasteiger partial charge < -0.3 is 14.3 Å². The zero-order valence-electron chi connectivity index (χ0n) is 20.2. The number of hydrogen-bond donors (Lipinski definition) is 0. The maximum absolute atomic E-state index is 13.6. The van der Waals surface area contributed by atoms with Crippen LogP contribution < -0.4 is 9.04 Å². The number of Topliss-reactive ketones (excluding diaryl/α,β-unsaturated/α-hetero) is 1. The van der Waals surface area contributed by atoms with E-state index in [1.807, 2.05) is 0 Å². The number of ketones is 1. The highest BCUT2D eigenvalue weighted by atomic mass is 32.2. The summed E-state index contributed by atoms with van der Waals surface area (Å²) in [4.78, 5) is 23.4. The van der Waals surface area contributed by atoms with Crippen LogP contribution >= 0.6 is 0 Å². The van der Waals surface area contributed by atoms with Crippen LogP contribution in [0, 0.1) is 6.92 Å². The monoisotopic (exact) mass is 513 g/mol. The Morgan fingerprint density at radius 2 is 1.97 bits per heavy atom. The summed E-state index contributed by atoms with van der Waals surface area (Å²) in [6.45, 7) is 4.83. The lowest BCUT2D eigenvalue weighted by atomic mass is 10.1. The summed E-state index contributed by atoms with van der Waals surface area (Å²) in [5, 5.41) is 3.62. The minimum Gasteiger partial charge on any atom is -0.486 e. The molecular formula is C23H29F2N3O6S. The first kappa shape index (κ1) is 26.6. The molecule has 12 heteroatoms. The number of esters is 1. The van der Waals surface area contributed by atoms with Crippen molar-refractivity contribution in [1.82, 2.24) is 9.78 Å². The van der Waals surface area contributed by atoms with Gasteiger partial charge in [0.1, 0.15) is 28.1 Å². The van der Waals surface area contributed by atoms with Crippen LogP contribution in [0.25, 0.3) is 0 Å². The molecule has 0 amide bonds. The normalized spacial score (nSPS) is 16.1. The van der Waals surface area contributed by atoms with Gasteiger partial charge in [0.2, 0.25) is 0 Å². The van der Waals surface area contributed by atoms with Crippen molar-refractivity contribution in [3.63, 3.8) is 0 Å². The summed E-state index contributed by atoms with van der Waals surface area (Å²) in [6, 6.07) is 4.68.